The zero-order valence-corrected chi connectivity index (χ0v) is 18.3. The number of hydrogen-bond donors (Lipinski definition) is 0. The van der Waals surface area contributed by atoms with Crippen LogP contribution in [0, 0.1) is 13.8 Å². The van der Waals surface area contributed by atoms with Crippen molar-refractivity contribution in [1.82, 2.24) is 14.9 Å². The number of aryl methyl sites for hydroxylation is 2. The van der Waals surface area contributed by atoms with E-state index in [4.69, 9.17) is 16.6 Å². The summed E-state index contributed by atoms with van der Waals surface area (Å²) in [7, 11) is 0. The SMILES string of the molecule is Cc1cc(Cc2cccc(Cl)c2)cc(C2CCCN(C(=O)c3scnc3C)C2)n1. The van der Waals surface area contributed by atoms with Crippen LogP contribution in [0.15, 0.2) is 41.9 Å². The molecular formula is C23H24ClN3OS. The zero-order valence-electron chi connectivity index (χ0n) is 16.7. The van der Waals surface area contributed by atoms with Crippen molar-refractivity contribution in [1.29, 1.82) is 0 Å². The summed E-state index contributed by atoms with van der Waals surface area (Å²) in [6.07, 6.45) is 2.87. The molecule has 1 fully saturated rings. The third-order valence-corrected chi connectivity index (χ3v) is 6.55. The molecule has 1 unspecified atom stereocenters. The first-order chi connectivity index (χ1) is 14.0. The number of rotatable bonds is 4. The predicted molar refractivity (Wildman–Crippen MR) is 118 cm³/mol. The minimum atomic E-state index is 0.0986. The number of nitrogens with zero attached hydrogens (tertiary/aromatic N) is 3. The van der Waals surface area contributed by atoms with Gasteiger partial charge < -0.3 is 4.90 Å². The number of carbonyl (C=O) groups is 1. The number of halogens is 1. The van der Waals surface area contributed by atoms with E-state index < -0.39 is 0 Å². The highest BCUT2D eigenvalue weighted by Crippen LogP contribution is 2.29. The van der Waals surface area contributed by atoms with Crippen molar-refractivity contribution in [3.05, 3.63) is 80.0 Å². The van der Waals surface area contributed by atoms with Crippen LogP contribution in [0.1, 0.15) is 56.6 Å². The summed E-state index contributed by atoms with van der Waals surface area (Å²) in [5, 5.41) is 0.758. The molecule has 0 saturated carbocycles. The molecule has 0 spiro atoms. The lowest BCUT2D eigenvalue weighted by molar-refractivity contribution is 0.0710. The number of likely N-dealkylation sites (tertiary alicyclic amines) is 1. The van der Waals surface area contributed by atoms with E-state index in [-0.39, 0.29) is 11.8 Å². The second-order valence-electron chi connectivity index (χ2n) is 7.71. The Labute approximate surface area is 180 Å². The number of pyridine rings is 1. The molecule has 3 aromatic rings. The van der Waals surface area contributed by atoms with Crippen molar-refractivity contribution in [2.24, 2.45) is 0 Å². The second-order valence-corrected chi connectivity index (χ2v) is 9.00. The number of hydrogen-bond acceptors (Lipinski definition) is 4. The lowest BCUT2D eigenvalue weighted by atomic mass is 9.92. The van der Waals surface area contributed by atoms with Gasteiger partial charge in [0.15, 0.2) is 0 Å². The summed E-state index contributed by atoms with van der Waals surface area (Å²) in [5.74, 6) is 0.362. The molecular weight excluding hydrogens is 402 g/mol. The Morgan fingerprint density at radius 2 is 2.10 bits per heavy atom. The van der Waals surface area contributed by atoms with Gasteiger partial charge in [-0.1, -0.05) is 23.7 Å². The molecule has 3 heterocycles. The van der Waals surface area contributed by atoms with Crippen LogP contribution in [0.4, 0.5) is 0 Å². The number of aromatic nitrogens is 2. The van der Waals surface area contributed by atoms with Crippen molar-refractivity contribution in [2.45, 2.75) is 39.0 Å². The largest absolute Gasteiger partial charge is 0.337 e. The highest BCUT2D eigenvalue weighted by atomic mass is 35.5. The summed E-state index contributed by atoms with van der Waals surface area (Å²) in [6.45, 7) is 5.45. The maximum absolute atomic E-state index is 12.9. The van der Waals surface area contributed by atoms with Crippen molar-refractivity contribution >= 4 is 28.8 Å². The molecule has 1 amide bonds. The third-order valence-electron chi connectivity index (χ3n) is 5.40. The average Bonchev–Trinajstić information content (AvgIpc) is 3.13. The first-order valence-electron chi connectivity index (χ1n) is 9.91. The Kier molecular flexibility index (Phi) is 5.97. The predicted octanol–water partition coefficient (Wildman–Crippen LogP) is 5.42. The minimum absolute atomic E-state index is 0.0986. The fourth-order valence-electron chi connectivity index (χ4n) is 4.02. The summed E-state index contributed by atoms with van der Waals surface area (Å²) in [4.78, 5) is 24.7. The summed E-state index contributed by atoms with van der Waals surface area (Å²) in [5.41, 5.74) is 7.09. The van der Waals surface area contributed by atoms with Gasteiger partial charge in [-0.2, -0.15) is 0 Å². The van der Waals surface area contributed by atoms with Crippen molar-refractivity contribution in [3.8, 4) is 0 Å². The fourth-order valence-corrected chi connectivity index (χ4v) is 5.00. The minimum Gasteiger partial charge on any atom is -0.337 e. The Balaban J connectivity index is 1.53. The van der Waals surface area contributed by atoms with Gasteiger partial charge >= 0.3 is 0 Å². The lowest BCUT2D eigenvalue weighted by Crippen LogP contribution is -2.39. The maximum atomic E-state index is 12.9. The van der Waals surface area contributed by atoms with Crippen LogP contribution in [-0.2, 0) is 6.42 Å². The number of benzene rings is 1. The van der Waals surface area contributed by atoms with E-state index in [0.717, 1.165) is 52.8 Å². The van der Waals surface area contributed by atoms with Crippen LogP contribution in [0.2, 0.25) is 5.02 Å². The number of amides is 1. The van der Waals surface area contributed by atoms with Gasteiger partial charge in [-0.05, 0) is 68.5 Å². The maximum Gasteiger partial charge on any atom is 0.265 e. The van der Waals surface area contributed by atoms with Gasteiger partial charge in [-0.15, -0.1) is 11.3 Å². The van der Waals surface area contributed by atoms with Crippen molar-refractivity contribution in [3.63, 3.8) is 0 Å². The van der Waals surface area contributed by atoms with E-state index in [2.05, 4.69) is 23.2 Å². The molecule has 0 N–H and O–H groups in total. The van der Waals surface area contributed by atoms with E-state index in [1.165, 1.54) is 22.5 Å². The molecule has 2 aromatic heterocycles. The molecule has 1 saturated heterocycles. The molecule has 1 aliphatic heterocycles. The van der Waals surface area contributed by atoms with Gasteiger partial charge in [0.1, 0.15) is 4.88 Å². The number of carbonyl (C=O) groups excluding carboxylic acids is 1. The standard InChI is InChI=1S/C23H24ClN3OS/c1-15-9-18(10-17-5-3-7-20(24)11-17)12-21(26-15)19-6-4-8-27(13-19)23(28)22-16(2)25-14-29-22/h3,5,7,9,11-12,14,19H,4,6,8,10,13H2,1-2H3. The first-order valence-corrected chi connectivity index (χ1v) is 11.2. The highest BCUT2D eigenvalue weighted by molar-refractivity contribution is 7.11. The van der Waals surface area contributed by atoms with Gasteiger partial charge in [0, 0.05) is 35.4 Å². The van der Waals surface area contributed by atoms with Crippen LogP contribution in [0.5, 0.6) is 0 Å². The smallest absolute Gasteiger partial charge is 0.265 e. The molecule has 0 bridgehead atoms. The van der Waals surface area contributed by atoms with Crippen LogP contribution in [0.3, 0.4) is 0 Å². The lowest BCUT2D eigenvalue weighted by Gasteiger charge is -2.32. The van der Waals surface area contributed by atoms with Gasteiger partial charge in [0.25, 0.3) is 5.91 Å². The Hall–Kier alpha value is -2.24. The first kappa shape index (κ1) is 20.0. The average molecular weight is 426 g/mol. The summed E-state index contributed by atoms with van der Waals surface area (Å²) < 4.78 is 0. The van der Waals surface area contributed by atoms with Gasteiger partial charge in [0.05, 0.1) is 11.2 Å². The third kappa shape index (κ3) is 4.68. The van der Waals surface area contributed by atoms with E-state index in [1.54, 1.807) is 5.51 Å². The van der Waals surface area contributed by atoms with E-state index >= 15 is 0 Å². The second kappa shape index (κ2) is 8.64. The summed E-state index contributed by atoms with van der Waals surface area (Å²) in [6, 6.07) is 12.3. The van der Waals surface area contributed by atoms with Crippen molar-refractivity contribution in [2.75, 3.05) is 13.1 Å². The molecule has 4 rings (SSSR count). The van der Waals surface area contributed by atoms with Gasteiger partial charge in [0.2, 0.25) is 0 Å². The Bertz CT molecular complexity index is 1030. The molecule has 6 heteroatoms. The number of piperidine rings is 1. The van der Waals surface area contributed by atoms with Crippen molar-refractivity contribution < 1.29 is 4.79 Å². The van der Waals surface area contributed by atoms with Gasteiger partial charge in [-0.3, -0.25) is 9.78 Å². The Morgan fingerprint density at radius 1 is 1.24 bits per heavy atom. The van der Waals surface area contributed by atoms with E-state index in [0.29, 0.717) is 6.54 Å². The molecule has 0 radical (unpaired) electrons. The van der Waals surface area contributed by atoms with Gasteiger partial charge in [-0.25, -0.2) is 4.98 Å². The fraction of sp³-hybridized carbons (Fsp3) is 0.348. The molecule has 29 heavy (non-hydrogen) atoms. The Morgan fingerprint density at radius 3 is 2.86 bits per heavy atom. The van der Waals surface area contributed by atoms with Crippen LogP contribution < -0.4 is 0 Å². The highest BCUT2D eigenvalue weighted by Gasteiger charge is 2.28. The summed E-state index contributed by atoms with van der Waals surface area (Å²) >= 11 is 7.57. The van der Waals surface area contributed by atoms with E-state index in [9.17, 15) is 4.79 Å². The molecule has 1 aliphatic rings. The zero-order chi connectivity index (χ0) is 20.4. The molecule has 1 atom stereocenters. The van der Waals surface area contributed by atoms with Crippen LogP contribution in [-0.4, -0.2) is 33.9 Å². The normalized spacial score (nSPS) is 16.8. The molecule has 150 valence electrons. The number of thiazole rings is 1. The monoisotopic (exact) mass is 425 g/mol. The van der Waals surface area contributed by atoms with Crippen LogP contribution >= 0.6 is 22.9 Å². The quantitative estimate of drug-likeness (QED) is 0.560. The van der Waals surface area contributed by atoms with E-state index in [1.807, 2.05) is 36.9 Å². The van der Waals surface area contributed by atoms with Crippen LogP contribution in [0.25, 0.3) is 0 Å². The molecule has 1 aromatic carbocycles. The topological polar surface area (TPSA) is 46.1 Å². The molecule has 0 aliphatic carbocycles. The molecule has 4 nitrogen and oxygen atoms in total.